The molecular weight excluding hydrogens is 523 g/mol. The van der Waals surface area contributed by atoms with E-state index in [1.54, 1.807) is 12.1 Å². The van der Waals surface area contributed by atoms with Gasteiger partial charge in [-0.15, -0.1) is 0 Å². The smallest absolute Gasteiger partial charge is 0.417 e. The van der Waals surface area contributed by atoms with E-state index in [1.165, 1.54) is 4.90 Å². The minimum Gasteiger partial charge on any atom is -0.447 e. The van der Waals surface area contributed by atoms with Crippen molar-refractivity contribution in [2.24, 2.45) is 0 Å². The molecule has 2 atom stereocenters. The Morgan fingerprint density at radius 2 is 2.04 bits per heavy atom. The van der Waals surface area contributed by atoms with Gasteiger partial charge in [0.2, 0.25) is 5.91 Å². The van der Waals surface area contributed by atoms with Crippen molar-refractivity contribution in [2.45, 2.75) is 24.8 Å². The van der Waals surface area contributed by atoms with Crippen LogP contribution in [0, 0.1) is 0 Å². The van der Waals surface area contributed by atoms with Gasteiger partial charge in [0, 0.05) is 0 Å². The SMILES string of the molecule is C=C(I)C[C@@H](C(=O)N1C(=O)OC[C@@H]1Cc1ccccc1)c1cccc(Br)n1. The molecule has 0 aliphatic carbocycles. The van der Waals surface area contributed by atoms with Crippen molar-refractivity contribution in [1.29, 1.82) is 0 Å². The fourth-order valence-electron chi connectivity index (χ4n) is 3.09. The molecule has 0 N–H and O–H groups in total. The largest absolute Gasteiger partial charge is 0.447 e. The number of cyclic esters (lactones) is 1. The van der Waals surface area contributed by atoms with Crippen LogP contribution in [0.15, 0.2) is 63.3 Å². The molecule has 0 spiro atoms. The lowest BCUT2D eigenvalue weighted by molar-refractivity contribution is -0.130. The Morgan fingerprint density at radius 3 is 2.70 bits per heavy atom. The first kappa shape index (κ1) is 20.0. The minimum absolute atomic E-state index is 0.198. The monoisotopic (exact) mass is 540 g/mol. The van der Waals surface area contributed by atoms with Gasteiger partial charge >= 0.3 is 6.09 Å². The standard InChI is InChI=1S/C20H18BrIN2O3/c1-13(22)10-16(17-8-5-9-18(21)23-17)19(25)24-15(12-27-20(24)26)11-14-6-3-2-4-7-14/h2-9,15-16H,1,10-12H2/t15-,16+/m0/s1. The van der Waals surface area contributed by atoms with Crippen LogP contribution < -0.4 is 0 Å². The maximum atomic E-state index is 13.3. The molecular formula is C20H18BrIN2O3. The lowest BCUT2D eigenvalue weighted by Crippen LogP contribution is -2.43. The van der Waals surface area contributed by atoms with Crippen LogP contribution in [0.3, 0.4) is 0 Å². The highest BCUT2D eigenvalue weighted by atomic mass is 127. The van der Waals surface area contributed by atoms with Crippen molar-refractivity contribution in [1.82, 2.24) is 9.88 Å². The van der Waals surface area contributed by atoms with Crippen molar-refractivity contribution < 1.29 is 14.3 Å². The quantitative estimate of drug-likeness (QED) is 0.388. The van der Waals surface area contributed by atoms with Gasteiger partial charge in [-0.25, -0.2) is 14.7 Å². The second kappa shape index (κ2) is 8.97. The summed E-state index contributed by atoms with van der Waals surface area (Å²) in [5.74, 6) is -0.891. The van der Waals surface area contributed by atoms with Crippen molar-refractivity contribution in [3.8, 4) is 0 Å². The molecule has 5 nitrogen and oxygen atoms in total. The Labute approximate surface area is 180 Å². The van der Waals surface area contributed by atoms with Crippen molar-refractivity contribution in [3.05, 3.63) is 74.6 Å². The van der Waals surface area contributed by atoms with E-state index < -0.39 is 12.0 Å². The number of hydrogen-bond acceptors (Lipinski definition) is 4. The Morgan fingerprint density at radius 1 is 1.30 bits per heavy atom. The maximum absolute atomic E-state index is 13.3. The lowest BCUT2D eigenvalue weighted by atomic mass is 9.97. The predicted octanol–water partition coefficient (Wildman–Crippen LogP) is 4.86. The van der Waals surface area contributed by atoms with E-state index in [-0.39, 0.29) is 18.6 Å². The molecule has 2 heterocycles. The molecule has 2 amide bonds. The zero-order chi connectivity index (χ0) is 19.4. The number of aromatic nitrogens is 1. The van der Waals surface area contributed by atoms with Gasteiger partial charge in [0.15, 0.2) is 0 Å². The van der Waals surface area contributed by atoms with Crippen LogP contribution in [0.1, 0.15) is 23.6 Å². The second-order valence-corrected chi connectivity index (χ2v) is 8.63. The zero-order valence-electron chi connectivity index (χ0n) is 14.5. The first-order valence-corrected chi connectivity index (χ1v) is 10.3. The Hall–Kier alpha value is -1.74. The van der Waals surface area contributed by atoms with Crippen LogP contribution in [0.2, 0.25) is 0 Å². The first-order chi connectivity index (χ1) is 13.0. The Balaban J connectivity index is 1.88. The number of halogens is 2. The highest BCUT2D eigenvalue weighted by Gasteiger charge is 2.41. The summed E-state index contributed by atoms with van der Waals surface area (Å²) in [6, 6.07) is 14.9. The van der Waals surface area contributed by atoms with Gasteiger partial charge < -0.3 is 4.74 Å². The predicted molar refractivity (Wildman–Crippen MR) is 115 cm³/mol. The molecule has 140 valence electrons. The van der Waals surface area contributed by atoms with Gasteiger partial charge in [0.25, 0.3) is 0 Å². The minimum atomic E-state index is -0.597. The number of nitrogens with zero attached hydrogens (tertiary/aromatic N) is 2. The number of carbonyl (C=O) groups is 2. The summed E-state index contributed by atoms with van der Waals surface area (Å²) in [6.07, 6.45) is 0.368. The summed E-state index contributed by atoms with van der Waals surface area (Å²) >= 11 is 5.44. The van der Waals surface area contributed by atoms with Gasteiger partial charge in [-0.1, -0.05) is 43.0 Å². The normalized spacial score (nSPS) is 17.5. The van der Waals surface area contributed by atoms with Gasteiger partial charge in [-0.3, -0.25) is 4.79 Å². The molecule has 0 bridgehead atoms. The van der Waals surface area contributed by atoms with E-state index in [4.69, 9.17) is 4.74 Å². The highest BCUT2D eigenvalue weighted by molar-refractivity contribution is 14.1. The molecule has 3 rings (SSSR count). The molecule has 0 radical (unpaired) electrons. The van der Waals surface area contributed by atoms with E-state index in [0.717, 1.165) is 9.14 Å². The number of rotatable bonds is 6. The molecule has 2 aromatic rings. The van der Waals surface area contributed by atoms with Crippen LogP contribution in [0.25, 0.3) is 0 Å². The topological polar surface area (TPSA) is 59.5 Å². The van der Waals surface area contributed by atoms with Gasteiger partial charge in [0.05, 0.1) is 17.7 Å². The summed E-state index contributed by atoms with van der Waals surface area (Å²) in [5, 5.41) is 0. The third-order valence-electron chi connectivity index (χ3n) is 4.33. The zero-order valence-corrected chi connectivity index (χ0v) is 18.2. The number of benzene rings is 1. The van der Waals surface area contributed by atoms with Crippen molar-refractivity contribution >= 4 is 50.5 Å². The molecule has 1 aromatic carbocycles. The van der Waals surface area contributed by atoms with Gasteiger partial charge in [-0.05, 0) is 72.6 Å². The second-order valence-electron chi connectivity index (χ2n) is 6.29. The fraction of sp³-hybridized carbons (Fsp3) is 0.250. The van der Waals surface area contributed by atoms with E-state index in [0.29, 0.717) is 23.1 Å². The molecule has 1 aromatic heterocycles. The third-order valence-corrected chi connectivity index (χ3v) is 5.21. The number of allylic oxidation sites excluding steroid dienone is 1. The van der Waals surface area contributed by atoms with Crippen molar-refractivity contribution in [3.63, 3.8) is 0 Å². The molecule has 1 aliphatic rings. The molecule has 0 saturated carbocycles. The van der Waals surface area contributed by atoms with E-state index in [2.05, 4.69) is 50.1 Å². The average molecular weight is 541 g/mol. The molecule has 1 saturated heterocycles. The number of amides is 2. The maximum Gasteiger partial charge on any atom is 0.417 e. The van der Waals surface area contributed by atoms with E-state index in [9.17, 15) is 9.59 Å². The van der Waals surface area contributed by atoms with Crippen LogP contribution in [-0.4, -0.2) is 34.5 Å². The summed E-state index contributed by atoms with van der Waals surface area (Å²) in [4.78, 5) is 31.3. The molecule has 7 heteroatoms. The number of pyridine rings is 1. The number of carbonyl (C=O) groups excluding carboxylic acids is 2. The van der Waals surface area contributed by atoms with Crippen LogP contribution >= 0.6 is 38.5 Å². The first-order valence-electron chi connectivity index (χ1n) is 8.45. The molecule has 1 fully saturated rings. The Kier molecular flexibility index (Phi) is 6.64. The van der Waals surface area contributed by atoms with Gasteiger partial charge in [0.1, 0.15) is 11.2 Å². The Bertz CT molecular complexity index is 859. The van der Waals surface area contributed by atoms with Crippen LogP contribution in [-0.2, 0) is 16.0 Å². The number of ether oxygens (including phenoxy) is 1. The average Bonchev–Trinajstić information content (AvgIpc) is 3.00. The molecule has 27 heavy (non-hydrogen) atoms. The number of imide groups is 1. The lowest BCUT2D eigenvalue weighted by Gasteiger charge is -2.25. The van der Waals surface area contributed by atoms with Gasteiger partial charge in [-0.2, -0.15) is 0 Å². The number of hydrogen-bond donors (Lipinski definition) is 0. The highest BCUT2D eigenvalue weighted by Crippen LogP contribution is 2.30. The molecule has 1 aliphatic heterocycles. The fourth-order valence-corrected chi connectivity index (χ4v) is 3.89. The summed E-state index contributed by atoms with van der Waals surface area (Å²) in [5.41, 5.74) is 1.65. The molecule has 0 unspecified atom stereocenters. The summed E-state index contributed by atoms with van der Waals surface area (Å²) in [6.45, 7) is 4.12. The third kappa shape index (κ3) is 4.95. The van der Waals surface area contributed by atoms with Crippen LogP contribution in [0.5, 0.6) is 0 Å². The summed E-state index contributed by atoms with van der Waals surface area (Å²) in [7, 11) is 0. The van der Waals surface area contributed by atoms with Crippen LogP contribution in [0.4, 0.5) is 4.79 Å². The van der Waals surface area contributed by atoms with E-state index >= 15 is 0 Å². The summed E-state index contributed by atoms with van der Waals surface area (Å²) < 4.78 is 6.66. The van der Waals surface area contributed by atoms with Crippen molar-refractivity contribution in [2.75, 3.05) is 6.61 Å². The van der Waals surface area contributed by atoms with E-state index in [1.807, 2.05) is 36.4 Å².